The SMILES string of the molecule is O=C(Nc1nc2c(s1)CC(c1ccccc1)CC2)C1CNCCO1. The van der Waals surface area contributed by atoms with Crippen LogP contribution in [-0.4, -0.2) is 36.7 Å². The average molecular weight is 343 g/mol. The number of nitrogens with one attached hydrogen (secondary N) is 2. The van der Waals surface area contributed by atoms with Gasteiger partial charge in [-0.3, -0.25) is 10.1 Å². The van der Waals surface area contributed by atoms with Gasteiger partial charge in [-0.2, -0.15) is 0 Å². The summed E-state index contributed by atoms with van der Waals surface area (Å²) in [5.74, 6) is 0.446. The predicted octanol–water partition coefficient (Wildman–Crippen LogP) is 2.34. The van der Waals surface area contributed by atoms with Crippen LogP contribution in [0.5, 0.6) is 0 Å². The van der Waals surface area contributed by atoms with Crippen molar-refractivity contribution in [2.45, 2.75) is 31.3 Å². The molecule has 1 aromatic heterocycles. The van der Waals surface area contributed by atoms with Crippen molar-refractivity contribution in [2.24, 2.45) is 0 Å². The first-order valence-electron chi connectivity index (χ1n) is 8.46. The zero-order valence-electron chi connectivity index (χ0n) is 13.5. The van der Waals surface area contributed by atoms with E-state index in [2.05, 4.69) is 45.9 Å². The minimum absolute atomic E-state index is 0.104. The molecule has 2 atom stereocenters. The molecule has 1 amide bonds. The van der Waals surface area contributed by atoms with Crippen LogP contribution in [0.2, 0.25) is 0 Å². The topological polar surface area (TPSA) is 63.2 Å². The summed E-state index contributed by atoms with van der Waals surface area (Å²) in [4.78, 5) is 18.2. The number of aryl methyl sites for hydroxylation is 1. The lowest BCUT2D eigenvalue weighted by molar-refractivity contribution is -0.128. The summed E-state index contributed by atoms with van der Waals surface area (Å²) >= 11 is 1.61. The van der Waals surface area contributed by atoms with Crippen molar-refractivity contribution in [3.8, 4) is 0 Å². The Labute approximate surface area is 145 Å². The van der Waals surface area contributed by atoms with Gasteiger partial charge in [0, 0.05) is 18.0 Å². The number of hydrogen-bond donors (Lipinski definition) is 2. The van der Waals surface area contributed by atoms with Crippen molar-refractivity contribution in [3.63, 3.8) is 0 Å². The van der Waals surface area contributed by atoms with Gasteiger partial charge in [-0.1, -0.05) is 30.3 Å². The molecule has 2 heterocycles. The van der Waals surface area contributed by atoms with Gasteiger partial charge in [0.15, 0.2) is 5.13 Å². The summed E-state index contributed by atoms with van der Waals surface area (Å²) in [5, 5.41) is 6.80. The second kappa shape index (κ2) is 7.01. The van der Waals surface area contributed by atoms with E-state index in [4.69, 9.17) is 4.74 Å². The largest absolute Gasteiger partial charge is 0.366 e. The number of aromatic nitrogens is 1. The lowest BCUT2D eigenvalue weighted by Gasteiger charge is -2.22. The average Bonchev–Trinajstić information content (AvgIpc) is 3.04. The Morgan fingerprint density at radius 2 is 2.21 bits per heavy atom. The Morgan fingerprint density at radius 3 is 3.00 bits per heavy atom. The quantitative estimate of drug-likeness (QED) is 0.898. The Morgan fingerprint density at radius 1 is 1.33 bits per heavy atom. The van der Waals surface area contributed by atoms with Gasteiger partial charge < -0.3 is 10.1 Å². The van der Waals surface area contributed by atoms with Crippen LogP contribution >= 0.6 is 11.3 Å². The molecule has 4 rings (SSSR count). The van der Waals surface area contributed by atoms with Crippen molar-refractivity contribution in [1.29, 1.82) is 0 Å². The number of morpholine rings is 1. The van der Waals surface area contributed by atoms with E-state index in [1.165, 1.54) is 10.4 Å². The van der Waals surface area contributed by atoms with Gasteiger partial charge >= 0.3 is 0 Å². The van der Waals surface area contributed by atoms with Crippen LogP contribution in [0.25, 0.3) is 0 Å². The summed E-state index contributed by atoms with van der Waals surface area (Å²) in [7, 11) is 0. The van der Waals surface area contributed by atoms with Crippen LogP contribution < -0.4 is 10.6 Å². The fourth-order valence-corrected chi connectivity index (χ4v) is 4.45. The monoisotopic (exact) mass is 343 g/mol. The summed E-state index contributed by atoms with van der Waals surface area (Å²) in [6.45, 7) is 1.94. The molecule has 0 bridgehead atoms. The molecule has 1 fully saturated rings. The van der Waals surface area contributed by atoms with Gasteiger partial charge in [-0.25, -0.2) is 4.98 Å². The first-order chi connectivity index (χ1) is 11.8. The highest BCUT2D eigenvalue weighted by molar-refractivity contribution is 7.15. The summed E-state index contributed by atoms with van der Waals surface area (Å²) < 4.78 is 5.49. The van der Waals surface area contributed by atoms with Crippen LogP contribution in [0.4, 0.5) is 5.13 Å². The van der Waals surface area contributed by atoms with Crippen LogP contribution in [0.3, 0.4) is 0 Å². The molecule has 1 saturated heterocycles. The molecular weight excluding hydrogens is 322 g/mol. The minimum Gasteiger partial charge on any atom is -0.366 e. The highest BCUT2D eigenvalue weighted by Gasteiger charge is 2.26. The van der Waals surface area contributed by atoms with Gasteiger partial charge in [0.2, 0.25) is 0 Å². The molecule has 1 aliphatic carbocycles. The zero-order valence-corrected chi connectivity index (χ0v) is 14.3. The molecule has 2 aliphatic rings. The number of anilines is 1. The summed E-state index contributed by atoms with van der Waals surface area (Å²) in [6.07, 6.45) is 2.68. The van der Waals surface area contributed by atoms with Crippen LogP contribution in [-0.2, 0) is 22.4 Å². The van der Waals surface area contributed by atoms with E-state index in [0.29, 0.717) is 24.2 Å². The van der Waals surface area contributed by atoms with E-state index in [-0.39, 0.29) is 5.91 Å². The molecule has 1 aromatic carbocycles. The fraction of sp³-hybridized carbons (Fsp3) is 0.444. The molecule has 1 aliphatic heterocycles. The zero-order chi connectivity index (χ0) is 16.4. The Bertz CT molecular complexity index is 710. The Hall–Kier alpha value is -1.76. The third kappa shape index (κ3) is 3.36. The number of ether oxygens (including phenoxy) is 1. The standard InChI is InChI=1S/C18H21N3O2S/c22-17(15-11-19-8-9-23-15)21-18-20-14-7-6-13(10-16(14)24-18)12-4-2-1-3-5-12/h1-5,13,15,19H,6-11H2,(H,20,21,22). The first kappa shape index (κ1) is 15.7. The lowest BCUT2D eigenvalue weighted by Crippen LogP contribution is -2.45. The highest BCUT2D eigenvalue weighted by atomic mass is 32.1. The van der Waals surface area contributed by atoms with Gasteiger partial charge in [-0.05, 0) is 30.7 Å². The number of thiazole rings is 1. The molecular formula is C18H21N3O2S. The van der Waals surface area contributed by atoms with E-state index in [9.17, 15) is 4.79 Å². The second-order valence-corrected chi connectivity index (χ2v) is 7.38. The van der Waals surface area contributed by atoms with E-state index >= 15 is 0 Å². The minimum atomic E-state index is -0.420. The van der Waals surface area contributed by atoms with E-state index < -0.39 is 6.10 Å². The molecule has 126 valence electrons. The van der Waals surface area contributed by atoms with Crippen molar-refractivity contribution in [1.82, 2.24) is 10.3 Å². The van der Waals surface area contributed by atoms with Gasteiger partial charge in [0.25, 0.3) is 5.91 Å². The maximum atomic E-state index is 12.3. The van der Waals surface area contributed by atoms with Crippen molar-refractivity contribution in [3.05, 3.63) is 46.5 Å². The predicted molar refractivity (Wildman–Crippen MR) is 94.6 cm³/mol. The van der Waals surface area contributed by atoms with Gasteiger partial charge in [0.05, 0.1) is 12.3 Å². The third-order valence-corrected chi connectivity index (χ3v) is 5.70. The molecule has 24 heavy (non-hydrogen) atoms. The smallest absolute Gasteiger partial charge is 0.256 e. The number of carbonyl (C=O) groups is 1. The Balaban J connectivity index is 1.43. The number of carbonyl (C=O) groups excluding carboxylic acids is 1. The summed E-state index contributed by atoms with van der Waals surface area (Å²) in [6, 6.07) is 10.7. The van der Waals surface area contributed by atoms with Crippen LogP contribution in [0.15, 0.2) is 30.3 Å². The molecule has 0 radical (unpaired) electrons. The normalized spacial score (nSPS) is 23.5. The fourth-order valence-electron chi connectivity index (χ4n) is 3.36. The number of benzene rings is 1. The molecule has 2 aromatic rings. The first-order valence-corrected chi connectivity index (χ1v) is 9.28. The lowest BCUT2D eigenvalue weighted by atomic mass is 9.85. The van der Waals surface area contributed by atoms with Crippen molar-refractivity contribution in [2.75, 3.05) is 25.0 Å². The van der Waals surface area contributed by atoms with Gasteiger partial charge in [0.1, 0.15) is 6.10 Å². The highest BCUT2D eigenvalue weighted by Crippen LogP contribution is 2.36. The van der Waals surface area contributed by atoms with E-state index in [0.717, 1.165) is 31.5 Å². The number of nitrogens with zero attached hydrogens (tertiary/aromatic N) is 1. The number of hydrogen-bond acceptors (Lipinski definition) is 5. The molecule has 6 heteroatoms. The number of rotatable bonds is 3. The maximum Gasteiger partial charge on any atom is 0.256 e. The molecule has 2 N–H and O–H groups in total. The van der Waals surface area contributed by atoms with E-state index in [1.54, 1.807) is 11.3 Å². The number of amides is 1. The second-order valence-electron chi connectivity index (χ2n) is 6.29. The summed E-state index contributed by atoms with van der Waals surface area (Å²) in [5.41, 5.74) is 2.54. The van der Waals surface area contributed by atoms with Crippen LogP contribution in [0, 0.1) is 0 Å². The third-order valence-electron chi connectivity index (χ3n) is 4.66. The van der Waals surface area contributed by atoms with Gasteiger partial charge in [-0.15, -0.1) is 11.3 Å². The molecule has 0 saturated carbocycles. The van der Waals surface area contributed by atoms with Crippen molar-refractivity contribution >= 4 is 22.4 Å². The molecule has 5 nitrogen and oxygen atoms in total. The molecule has 2 unspecified atom stereocenters. The molecule has 0 spiro atoms. The number of fused-ring (bicyclic) bond motifs is 1. The van der Waals surface area contributed by atoms with E-state index in [1.807, 2.05) is 0 Å². The van der Waals surface area contributed by atoms with Crippen LogP contribution in [0.1, 0.15) is 28.5 Å². The van der Waals surface area contributed by atoms with Crippen molar-refractivity contribution < 1.29 is 9.53 Å². The Kier molecular flexibility index (Phi) is 4.60. The maximum absolute atomic E-state index is 12.3.